The third-order valence-electron chi connectivity index (χ3n) is 2.63. The van der Waals surface area contributed by atoms with Gasteiger partial charge in [-0.05, 0) is 18.2 Å². The smallest absolute Gasteiger partial charge is 0.393 e. The van der Waals surface area contributed by atoms with Crippen LogP contribution < -0.4 is 5.19 Å². The SMILES string of the molecule is CO[Si](OC)c1ccccc1C#Cc1ccccc1. The van der Waals surface area contributed by atoms with Crippen molar-refractivity contribution < 1.29 is 8.85 Å². The van der Waals surface area contributed by atoms with Gasteiger partial charge in [-0.15, -0.1) is 0 Å². The van der Waals surface area contributed by atoms with Gasteiger partial charge in [-0.3, -0.25) is 0 Å². The Morgan fingerprint density at radius 2 is 1.42 bits per heavy atom. The van der Waals surface area contributed by atoms with Crippen LogP contribution in [-0.4, -0.2) is 23.5 Å². The quantitative estimate of drug-likeness (QED) is 0.626. The summed E-state index contributed by atoms with van der Waals surface area (Å²) in [6, 6.07) is 17.9. The van der Waals surface area contributed by atoms with E-state index >= 15 is 0 Å². The molecule has 2 rings (SSSR count). The molecular formula is C16H15O2Si. The normalized spacial score (nSPS) is 10.1. The fraction of sp³-hybridized carbons (Fsp3) is 0.125. The van der Waals surface area contributed by atoms with Gasteiger partial charge in [-0.25, -0.2) is 0 Å². The summed E-state index contributed by atoms with van der Waals surface area (Å²) < 4.78 is 10.8. The van der Waals surface area contributed by atoms with Crippen molar-refractivity contribution in [3.8, 4) is 11.8 Å². The molecule has 0 saturated heterocycles. The molecule has 0 aliphatic carbocycles. The number of rotatable bonds is 3. The first-order chi connectivity index (χ1) is 9.35. The minimum atomic E-state index is -1.44. The first-order valence-electron chi connectivity index (χ1n) is 5.96. The molecular weight excluding hydrogens is 252 g/mol. The van der Waals surface area contributed by atoms with Crippen molar-refractivity contribution in [1.82, 2.24) is 0 Å². The molecule has 0 atom stereocenters. The Balaban J connectivity index is 2.33. The van der Waals surface area contributed by atoms with Crippen LogP contribution in [0.15, 0.2) is 54.6 Å². The highest BCUT2D eigenvalue weighted by molar-refractivity contribution is 6.62. The molecule has 0 N–H and O–H groups in total. The lowest BCUT2D eigenvalue weighted by atomic mass is 10.2. The second kappa shape index (κ2) is 6.91. The summed E-state index contributed by atoms with van der Waals surface area (Å²) in [7, 11) is 1.90. The molecule has 0 spiro atoms. The molecule has 0 aromatic heterocycles. The standard InChI is InChI=1S/C16H15O2Si/c1-17-19(18-2)16-11-7-6-10-15(16)13-12-14-8-4-3-5-9-14/h3-11H,1-2H3. The predicted octanol–water partition coefficient (Wildman–Crippen LogP) is 2.07. The van der Waals surface area contributed by atoms with Gasteiger partial charge < -0.3 is 8.85 Å². The van der Waals surface area contributed by atoms with Crippen molar-refractivity contribution in [2.75, 3.05) is 14.2 Å². The Morgan fingerprint density at radius 3 is 2.11 bits per heavy atom. The van der Waals surface area contributed by atoms with Crippen LogP contribution in [0.2, 0.25) is 0 Å². The van der Waals surface area contributed by atoms with Gasteiger partial charge in [0.05, 0.1) is 0 Å². The molecule has 0 unspecified atom stereocenters. The molecule has 0 heterocycles. The maximum atomic E-state index is 5.39. The fourth-order valence-corrected chi connectivity index (χ4v) is 2.94. The van der Waals surface area contributed by atoms with Crippen LogP contribution >= 0.6 is 0 Å². The number of hydrogen-bond acceptors (Lipinski definition) is 2. The highest BCUT2D eigenvalue weighted by Crippen LogP contribution is 2.00. The van der Waals surface area contributed by atoms with Gasteiger partial charge >= 0.3 is 9.28 Å². The third kappa shape index (κ3) is 3.55. The van der Waals surface area contributed by atoms with Crippen LogP contribution in [0.4, 0.5) is 0 Å². The van der Waals surface area contributed by atoms with Gasteiger partial charge in [0.25, 0.3) is 0 Å². The number of hydrogen-bond donors (Lipinski definition) is 0. The minimum Gasteiger partial charge on any atom is -0.393 e. The lowest BCUT2D eigenvalue weighted by Gasteiger charge is -2.10. The van der Waals surface area contributed by atoms with Crippen LogP contribution in [0, 0.1) is 11.8 Å². The average Bonchev–Trinajstić information content (AvgIpc) is 2.48. The van der Waals surface area contributed by atoms with E-state index in [4.69, 9.17) is 8.85 Å². The summed E-state index contributed by atoms with van der Waals surface area (Å²) in [6.45, 7) is 0. The van der Waals surface area contributed by atoms with Gasteiger partial charge in [-0.1, -0.05) is 48.2 Å². The zero-order valence-corrected chi connectivity index (χ0v) is 12.0. The molecule has 0 aliphatic heterocycles. The lowest BCUT2D eigenvalue weighted by Crippen LogP contribution is -2.36. The van der Waals surface area contributed by atoms with Gasteiger partial charge in [0.2, 0.25) is 0 Å². The highest BCUT2D eigenvalue weighted by atomic mass is 28.3. The van der Waals surface area contributed by atoms with E-state index in [1.54, 1.807) is 14.2 Å². The molecule has 0 saturated carbocycles. The van der Waals surface area contributed by atoms with Crippen LogP contribution in [0.3, 0.4) is 0 Å². The first-order valence-corrected chi connectivity index (χ1v) is 7.28. The fourth-order valence-electron chi connectivity index (χ4n) is 1.73. The number of benzene rings is 2. The van der Waals surface area contributed by atoms with Gasteiger partial charge in [0, 0.05) is 30.5 Å². The largest absolute Gasteiger partial charge is 0.424 e. The summed E-state index contributed by atoms with van der Waals surface area (Å²) in [5.41, 5.74) is 1.96. The zero-order valence-electron chi connectivity index (χ0n) is 11.0. The average molecular weight is 267 g/mol. The Morgan fingerprint density at radius 1 is 0.789 bits per heavy atom. The van der Waals surface area contributed by atoms with E-state index in [0.717, 1.165) is 16.3 Å². The monoisotopic (exact) mass is 267 g/mol. The van der Waals surface area contributed by atoms with Gasteiger partial charge in [0.1, 0.15) is 0 Å². The van der Waals surface area contributed by atoms with Crippen molar-refractivity contribution in [3.05, 3.63) is 65.7 Å². The molecule has 19 heavy (non-hydrogen) atoms. The summed E-state index contributed by atoms with van der Waals surface area (Å²) in [4.78, 5) is 0. The molecule has 0 bridgehead atoms. The summed E-state index contributed by atoms with van der Waals surface area (Å²) in [5, 5.41) is 1.04. The molecule has 2 nitrogen and oxygen atoms in total. The second-order valence-corrected chi connectivity index (χ2v) is 5.79. The first kappa shape index (κ1) is 13.6. The Labute approximate surface area is 115 Å². The van der Waals surface area contributed by atoms with Crippen molar-refractivity contribution in [2.45, 2.75) is 0 Å². The topological polar surface area (TPSA) is 18.5 Å². The van der Waals surface area contributed by atoms with Crippen LogP contribution in [0.5, 0.6) is 0 Å². The molecule has 2 aromatic carbocycles. The second-order valence-electron chi connectivity index (χ2n) is 3.86. The van der Waals surface area contributed by atoms with Crippen LogP contribution in [-0.2, 0) is 8.85 Å². The third-order valence-corrected chi connectivity index (χ3v) is 4.25. The maximum absolute atomic E-state index is 5.39. The Hall–Kier alpha value is -1.86. The van der Waals surface area contributed by atoms with Crippen molar-refractivity contribution in [3.63, 3.8) is 0 Å². The van der Waals surface area contributed by atoms with E-state index in [2.05, 4.69) is 11.8 Å². The van der Waals surface area contributed by atoms with E-state index in [9.17, 15) is 0 Å². The van der Waals surface area contributed by atoms with Gasteiger partial charge in [-0.2, -0.15) is 0 Å². The molecule has 0 fully saturated rings. The Bertz CT molecular complexity index is 580. The van der Waals surface area contributed by atoms with Crippen LogP contribution in [0.25, 0.3) is 0 Å². The van der Waals surface area contributed by atoms with E-state index in [1.807, 2.05) is 54.6 Å². The zero-order chi connectivity index (χ0) is 13.5. The minimum absolute atomic E-state index is 0.962. The van der Waals surface area contributed by atoms with Crippen molar-refractivity contribution in [1.29, 1.82) is 0 Å². The molecule has 95 valence electrons. The predicted molar refractivity (Wildman–Crippen MR) is 78.3 cm³/mol. The van der Waals surface area contributed by atoms with E-state index < -0.39 is 9.28 Å². The van der Waals surface area contributed by atoms with Crippen LogP contribution in [0.1, 0.15) is 11.1 Å². The van der Waals surface area contributed by atoms with E-state index in [0.29, 0.717) is 0 Å². The lowest BCUT2D eigenvalue weighted by molar-refractivity contribution is 0.292. The molecule has 1 radical (unpaired) electrons. The van der Waals surface area contributed by atoms with E-state index in [1.165, 1.54) is 0 Å². The molecule has 2 aromatic rings. The summed E-state index contributed by atoms with van der Waals surface area (Å²) in [6.07, 6.45) is 0. The van der Waals surface area contributed by atoms with Crippen molar-refractivity contribution in [2.24, 2.45) is 0 Å². The summed E-state index contributed by atoms with van der Waals surface area (Å²) in [5.74, 6) is 6.35. The highest BCUT2D eigenvalue weighted by Gasteiger charge is 2.18. The maximum Gasteiger partial charge on any atom is 0.424 e. The van der Waals surface area contributed by atoms with Crippen molar-refractivity contribution >= 4 is 14.5 Å². The van der Waals surface area contributed by atoms with Gasteiger partial charge in [0.15, 0.2) is 0 Å². The van der Waals surface area contributed by atoms with E-state index in [-0.39, 0.29) is 0 Å². The molecule has 0 aliphatic rings. The molecule has 0 amide bonds. The summed E-state index contributed by atoms with van der Waals surface area (Å²) >= 11 is 0. The Kier molecular flexibility index (Phi) is 4.93. The molecule has 3 heteroatoms.